The largest absolute Gasteiger partial charge is 0.465 e. The maximum absolute atomic E-state index is 14.3. The van der Waals surface area contributed by atoms with E-state index in [0.29, 0.717) is 10.4 Å². The first-order chi connectivity index (χ1) is 14.6. The number of alkyl halides is 3. The molecule has 0 radical (unpaired) electrons. The van der Waals surface area contributed by atoms with Crippen molar-refractivity contribution in [3.63, 3.8) is 0 Å². The van der Waals surface area contributed by atoms with Crippen molar-refractivity contribution in [2.24, 2.45) is 0 Å². The number of fused-ring (bicyclic) bond motifs is 3. The first-order valence-corrected chi connectivity index (χ1v) is 9.55. The minimum atomic E-state index is -4.93. The van der Waals surface area contributed by atoms with Gasteiger partial charge in [-0.3, -0.25) is 4.79 Å². The van der Waals surface area contributed by atoms with E-state index in [-0.39, 0.29) is 22.2 Å². The second kappa shape index (κ2) is 7.42. The third-order valence-corrected chi connectivity index (χ3v) is 5.30. The van der Waals surface area contributed by atoms with Gasteiger partial charge in [-0.1, -0.05) is 29.3 Å². The zero-order valence-electron chi connectivity index (χ0n) is 16.4. The molecule has 0 spiro atoms. The molecule has 0 bridgehead atoms. The van der Waals surface area contributed by atoms with Crippen LogP contribution in [0.1, 0.15) is 37.5 Å². The summed E-state index contributed by atoms with van der Waals surface area (Å²) in [5.74, 6) is -1.98. The number of esters is 1. The Balaban J connectivity index is 2.19. The highest BCUT2D eigenvalue weighted by molar-refractivity contribution is 6.30. The number of methoxy groups -OCH3 is 1. The molecule has 0 aliphatic heterocycles. The number of ether oxygens (including phenoxy) is 1. The smallest absolute Gasteiger partial charge is 0.432 e. The van der Waals surface area contributed by atoms with Crippen LogP contribution in [0.15, 0.2) is 54.6 Å². The molecule has 0 N–H and O–H groups in total. The molecule has 0 unspecified atom stereocenters. The van der Waals surface area contributed by atoms with Gasteiger partial charge in [0.2, 0.25) is 0 Å². The molecule has 8 heteroatoms. The molecule has 31 heavy (non-hydrogen) atoms. The van der Waals surface area contributed by atoms with Crippen LogP contribution in [-0.2, 0) is 10.9 Å². The van der Waals surface area contributed by atoms with Gasteiger partial charge in [-0.25, -0.2) is 4.79 Å². The average molecular weight is 446 g/mol. The Morgan fingerprint density at radius 1 is 0.935 bits per heavy atom. The summed E-state index contributed by atoms with van der Waals surface area (Å²) in [5, 5.41) is 0.902. The average Bonchev–Trinajstić information content (AvgIpc) is 3.08. The number of ketones is 1. The standard InChI is InChI=1S/C23H15ClF3NO3/c1-12-3-9-16-14(11-12)6-10-17-18(20(29)13-4-7-15(24)8-5-13)19(22(30)31-2)21(28(16)17)23(25,26)27/h3-11H,1-2H3. The lowest BCUT2D eigenvalue weighted by molar-refractivity contribution is -0.142. The number of rotatable bonds is 3. The summed E-state index contributed by atoms with van der Waals surface area (Å²) in [5.41, 5.74) is -1.30. The number of halogens is 4. The van der Waals surface area contributed by atoms with Gasteiger partial charge >= 0.3 is 12.1 Å². The van der Waals surface area contributed by atoms with Gasteiger partial charge in [0.15, 0.2) is 5.78 Å². The molecule has 0 saturated carbocycles. The molecule has 2 aromatic heterocycles. The number of benzene rings is 2. The number of hydrogen-bond donors (Lipinski definition) is 0. The second-order valence-corrected chi connectivity index (χ2v) is 7.48. The van der Waals surface area contributed by atoms with E-state index in [1.807, 2.05) is 6.92 Å². The summed E-state index contributed by atoms with van der Waals surface area (Å²) in [6.07, 6.45) is -4.93. The quantitative estimate of drug-likeness (QED) is 0.283. The molecule has 0 aliphatic rings. The monoisotopic (exact) mass is 445 g/mol. The molecule has 0 atom stereocenters. The molecule has 158 valence electrons. The highest BCUT2D eigenvalue weighted by Gasteiger charge is 2.43. The fraction of sp³-hybridized carbons (Fsp3) is 0.130. The fourth-order valence-corrected chi connectivity index (χ4v) is 3.85. The van der Waals surface area contributed by atoms with Gasteiger partial charge in [0.25, 0.3) is 0 Å². The molecule has 0 saturated heterocycles. The Kier molecular flexibility index (Phi) is 5.01. The lowest BCUT2D eigenvalue weighted by Crippen LogP contribution is -2.17. The number of aryl methyl sites for hydroxylation is 1. The number of carbonyl (C=O) groups excluding carboxylic acids is 2. The molecule has 4 nitrogen and oxygen atoms in total. The maximum atomic E-state index is 14.3. The van der Waals surface area contributed by atoms with Crippen LogP contribution in [0.25, 0.3) is 16.4 Å². The minimum absolute atomic E-state index is 0.0379. The normalized spacial score (nSPS) is 11.8. The number of hydrogen-bond acceptors (Lipinski definition) is 3. The SMILES string of the molecule is COC(=O)c1c(C(=O)c2ccc(Cl)cc2)c2ccc3cc(C)ccc3n2c1C(F)(F)F. The predicted molar refractivity (Wildman–Crippen MR) is 111 cm³/mol. The van der Waals surface area contributed by atoms with Crippen LogP contribution in [0.2, 0.25) is 5.02 Å². The number of aromatic nitrogens is 1. The molecule has 0 amide bonds. The zero-order chi connectivity index (χ0) is 22.5. The van der Waals surface area contributed by atoms with Gasteiger partial charge in [0, 0.05) is 10.6 Å². The van der Waals surface area contributed by atoms with Crippen molar-refractivity contribution in [3.8, 4) is 0 Å². The van der Waals surface area contributed by atoms with E-state index < -0.39 is 29.2 Å². The van der Waals surface area contributed by atoms with Crippen molar-refractivity contribution in [1.82, 2.24) is 4.40 Å². The Morgan fingerprint density at radius 3 is 2.19 bits per heavy atom. The molecule has 4 aromatic rings. The Bertz CT molecular complexity index is 1360. The Labute approximate surface area is 179 Å². The lowest BCUT2D eigenvalue weighted by Gasteiger charge is -2.12. The third-order valence-electron chi connectivity index (χ3n) is 5.04. The van der Waals surface area contributed by atoms with Crippen LogP contribution in [0, 0.1) is 6.92 Å². The first-order valence-electron chi connectivity index (χ1n) is 9.17. The molecule has 4 rings (SSSR count). The molecule has 2 aromatic carbocycles. The summed E-state index contributed by atoms with van der Waals surface area (Å²) in [7, 11) is 0.975. The number of pyridine rings is 1. The molecule has 0 fully saturated rings. The maximum Gasteiger partial charge on any atom is 0.432 e. The van der Waals surface area contributed by atoms with Crippen LogP contribution >= 0.6 is 11.6 Å². The number of carbonyl (C=O) groups is 2. The second-order valence-electron chi connectivity index (χ2n) is 7.04. The van der Waals surface area contributed by atoms with Gasteiger partial charge in [0.1, 0.15) is 11.3 Å². The van der Waals surface area contributed by atoms with E-state index >= 15 is 0 Å². The van der Waals surface area contributed by atoms with E-state index in [0.717, 1.165) is 17.1 Å². The van der Waals surface area contributed by atoms with Crippen molar-refractivity contribution in [1.29, 1.82) is 0 Å². The van der Waals surface area contributed by atoms with Gasteiger partial charge in [-0.2, -0.15) is 13.2 Å². The van der Waals surface area contributed by atoms with Crippen LogP contribution < -0.4 is 0 Å². The van der Waals surface area contributed by atoms with Crippen molar-refractivity contribution >= 4 is 39.8 Å². The summed E-state index contributed by atoms with van der Waals surface area (Å²) in [6, 6.07) is 13.7. The van der Waals surface area contributed by atoms with E-state index in [9.17, 15) is 22.8 Å². The lowest BCUT2D eigenvalue weighted by atomic mass is 9.99. The topological polar surface area (TPSA) is 47.8 Å². The molecular weight excluding hydrogens is 431 g/mol. The van der Waals surface area contributed by atoms with E-state index in [1.54, 1.807) is 18.2 Å². The van der Waals surface area contributed by atoms with Gasteiger partial charge in [-0.05, 0) is 54.8 Å². The predicted octanol–water partition coefficient (Wildman–Crippen LogP) is 6.09. The molecule has 0 aliphatic carbocycles. The van der Waals surface area contributed by atoms with Crippen LogP contribution in [0.4, 0.5) is 13.2 Å². The highest BCUT2D eigenvalue weighted by atomic mass is 35.5. The summed E-state index contributed by atoms with van der Waals surface area (Å²) < 4.78 is 48.3. The molecule has 2 heterocycles. The van der Waals surface area contributed by atoms with Crippen LogP contribution in [-0.4, -0.2) is 23.3 Å². The van der Waals surface area contributed by atoms with E-state index in [4.69, 9.17) is 11.6 Å². The third kappa shape index (κ3) is 3.45. The van der Waals surface area contributed by atoms with Gasteiger partial charge in [-0.15, -0.1) is 0 Å². The van der Waals surface area contributed by atoms with Crippen LogP contribution in [0.3, 0.4) is 0 Å². The van der Waals surface area contributed by atoms with E-state index in [1.165, 1.54) is 36.4 Å². The summed E-state index contributed by atoms with van der Waals surface area (Å²) in [4.78, 5) is 25.9. The fourth-order valence-electron chi connectivity index (χ4n) is 3.72. The van der Waals surface area contributed by atoms with E-state index in [2.05, 4.69) is 4.74 Å². The Hall–Kier alpha value is -3.32. The first kappa shape index (κ1) is 20.9. The van der Waals surface area contributed by atoms with Crippen molar-refractivity contribution in [3.05, 3.63) is 87.6 Å². The molecular formula is C23H15ClF3NO3. The summed E-state index contributed by atoms with van der Waals surface area (Å²) >= 11 is 5.87. The summed E-state index contributed by atoms with van der Waals surface area (Å²) in [6.45, 7) is 1.82. The zero-order valence-corrected chi connectivity index (χ0v) is 17.1. The van der Waals surface area contributed by atoms with Crippen molar-refractivity contribution < 1.29 is 27.5 Å². The van der Waals surface area contributed by atoms with Crippen LogP contribution in [0.5, 0.6) is 0 Å². The van der Waals surface area contributed by atoms with Crippen molar-refractivity contribution in [2.45, 2.75) is 13.1 Å². The van der Waals surface area contributed by atoms with Gasteiger partial charge in [0.05, 0.1) is 23.7 Å². The highest BCUT2D eigenvalue weighted by Crippen LogP contribution is 2.40. The Morgan fingerprint density at radius 2 is 1.58 bits per heavy atom. The van der Waals surface area contributed by atoms with Gasteiger partial charge < -0.3 is 9.14 Å². The number of nitrogens with zero attached hydrogens (tertiary/aromatic N) is 1. The van der Waals surface area contributed by atoms with Crippen molar-refractivity contribution in [2.75, 3.05) is 7.11 Å². The minimum Gasteiger partial charge on any atom is -0.465 e.